The lowest BCUT2D eigenvalue weighted by atomic mass is 10.2. The summed E-state index contributed by atoms with van der Waals surface area (Å²) in [4.78, 5) is 2.32. The van der Waals surface area contributed by atoms with Crippen LogP contribution in [0.15, 0.2) is 24.3 Å². The molecule has 1 fully saturated rings. The first-order chi connectivity index (χ1) is 10.1. The Bertz CT molecular complexity index is 555. The minimum absolute atomic E-state index is 0. The van der Waals surface area contributed by atoms with E-state index in [2.05, 4.69) is 14.9 Å². The van der Waals surface area contributed by atoms with Gasteiger partial charge in [0.05, 0.1) is 5.75 Å². The predicted octanol–water partition coefficient (Wildman–Crippen LogP) is 1.38. The molecule has 1 aliphatic heterocycles. The van der Waals surface area contributed by atoms with Crippen molar-refractivity contribution < 1.29 is 12.8 Å². The molecule has 1 aliphatic rings. The smallest absolute Gasteiger partial charge is 0.215 e. The Hall–Kier alpha value is -0.440. The molecule has 0 amide bonds. The lowest BCUT2D eigenvalue weighted by Crippen LogP contribution is -2.44. The summed E-state index contributed by atoms with van der Waals surface area (Å²) in [5.41, 5.74) is 0.463. The third kappa shape index (κ3) is 8.83. The summed E-state index contributed by atoms with van der Waals surface area (Å²) in [5.74, 6) is -0.598. The highest BCUT2D eigenvalue weighted by atomic mass is 35.5. The Labute approximate surface area is 149 Å². The van der Waals surface area contributed by atoms with E-state index in [1.165, 1.54) is 18.2 Å². The van der Waals surface area contributed by atoms with Crippen molar-refractivity contribution in [3.05, 3.63) is 35.6 Å². The average Bonchev–Trinajstić information content (AvgIpc) is 2.44. The average molecular weight is 388 g/mol. The first-order valence-corrected chi connectivity index (χ1v) is 8.85. The van der Waals surface area contributed by atoms with Crippen molar-refractivity contribution in [2.45, 2.75) is 12.2 Å². The molecule has 0 aromatic heterocycles. The highest BCUT2D eigenvalue weighted by Crippen LogP contribution is 2.07. The van der Waals surface area contributed by atoms with E-state index in [1.54, 1.807) is 6.07 Å². The molecular weight excluding hydrogens is 364 g/mol. The van der Waals surface area contributed by atoms with Crippen molar-refractivity contribution in [3.63, 3.8) is 0 Å². The SMILES string of the molecule is Cl.Cl.O=S(=O)(Cc1cccc(F)c1)NCCCN1CCNCC1. The summed E-state index contributed by atoms with van der Waals surface area (Å²) < 4.78 is 39.4. The van der Waals surface area contributed by atoms with Crippen molar-refractivity contribution in [1.82, 2.24) is 14.9 Å². The van der Waals surface area contributed by atoms with Crippen LogP contribution < -0.4 is 10.0 Å². The Morgan fingerprint density at radius 3 is 2.57 bits per heavy atom. The van der Waals surface area contributed by atoms with Crippen molar-refractivity contribution in [2.24, 2.45) is 0 Å². The number of sulfonamides is 1. The quantitative estimate of drug-likeness (QED) is 0.693. The Balaban J connectivity index is 0.00000242. The second-order valence-corrected chi connectivity index (χ2v) is 7.04. The second-order valence-electron chi connectivity index (χ2n) is 5.23. The molecule has 0 bridgehead atoms. The molecule has 2 N–H and O–H groups in total. The Kier molecular flexibility index (Phi) is 11.0. The van der Waals surface area contributed by atoms with Gasteiger partial charge in [-0.15, -0.1) is 24.8 Å². The fraction of sp³-hybridized carbons (Fsp3) is 0.571. The van der Waals surface area contributed by atoms with Gasteiger partial charge in [-0.2, -0.15) is 0 Å². The van der Waals surface area contributed by atoms with E-state index in [0.29, 0.717) is 12.1 Å². The van der Waals surface area contributed by atoms with Crippen LogP contribution in [0.1, 0.15) is 12.0 Å². The van der Waals surface area contributed by atoms with Crippen molar-refractivity contribution in [3.8, 4) is 0 Å². The minimum Gasteiger partial charge on any atom is -0.314 e. The van der Waals surface area contributed by atoms with Crippen LogP contribution in [0.2, 0.25) is 0 Å². The predicted molar refractivity (Wildman–Crippen MR) is 95.4 cm³/mol. The molecule has 5 nitrogen and oxygen atoms in total. The number of hydrogen-bond donors (Lipinski definition) is 2. The van der Waals surface area contributed by atoms with Gasteiger partial charge in [0.2, 0.25) is 10.0 Å². The van der Waals surface area contributed by atoms with Gasteiger partial charge in [-0.1, -0.05) is 12.1 Å². The van der Waals surface area contributed by atoms with Gasteiger partial charge in [-0.05, 0) is 30.7 Å². The van der Waals surface area contributed by atoms with Gasteiger partial charge >= 0.3 is 0 Å². The third-order valence-corrected chi connectivity index (χ3v) is 4.79. The summed E-state index contributed by atoms with van der Waals surface area (Å²) >= 11 is 0. The monoisotopic (exact) mass is 387 g/mol. The van der Waals surface area contributed by atoms with Gasteiger partial charge in [0.25, 0.3) is 0 Å². The molecule has 2 rings (SSSR count). The van der Waals surface area contributed by atoms with Crippen LogP contribution in [0, 0.1) is 5.82 Å². The first kappa shape index (κ1) is 22.6. The molecule has 23 heavy (non-hydrogen) atoms. The van der Waals surface area contributed by atoms with E-state index in [-0.39, 0.29) is 30.6 Å². The Morgan fingerprint density at radius 1 is 1.22 bits per heavy atom. The minimum atomic E-state index is -3.40. The number of piperazine rings is 1. The van der Waals surface area contributed by atoms with Gasteiger partial charge in [-0.3, -0.25) is 0 Å². The van der Waals surface area contributed by atoms with E-state index in [0.717, 1.165) is 39.1 Å². The van der Waals surface area contributed by atoms with Crippen LogP contribution in [0.4, 0.5) is 4.39 Å². The molecule has 0 atom stereocenters. The molecule has 1 aromatic carbocycles. The molecule has 0 unspecified atom stereocenters. The topological polar surface area (TPSA) is 61.4 Å². The number of hydrogen-bond acceptors (Lipinski definition) is 4. The summed E-state index contributed by atoms with van der Waals surface area (Å²) in [6, 6.07) is 5.69. The molecule has 1 aromatic rings. The Morgan fingerprint density at radius 2 is 1.91 bits per heavy atom. The maximum atomic E-state index is 13.0. The molecule has 9 heteroatoms. The molecule has 1 heterocycles. The number of rotatable bonds is 7. The van der Waals surface area contributed by atoms with Crippen molar-refractivity contribution in [2.75, 3.05) is 39.3 Å². The third-order valence-electron chi connectivity index (χ3n) is 3.43. The zero-order chi connectivity index (χ0) is 15.1. The molecular formula is C14H24Cl2FN3O2S. The highest BCUT2D eigenvalue weighted by molar-refractivity contribution is 7.88. The molecule has 1 saturated heterocycles. The van der Waals surface area contributed by atoms with E-state index in [9.17, 15) is 12.8 Å². The number of benzene rings is 1. The van der Waals surface area contributed by atoms with Gasteiger partial charge in [0.1, 0.15) is 5.82 Å². The lowest BCUT2D eigenvalue weighted by molar-refractivity contribution is 0.239. The van der Waals surface area contributed by atoms with Crippen LogP contribution in [-0.4, -0.2) is 52.6 Å². The molecule has 0 radical (unpaired) electrons. The van der Waals surface area contributed by atoms with Crippen LogP contribution >= 0.6 is 24.8 Å². The maximum Gasteiger partial charge on any atom is 0.215 e. The highest BCUT2D eigenvalue weighted by Gasteiger charge is 2.12. The van der Waals surface area contributed by atoms with Crippen LogP contribution in [-0.2, 0) is 15.8 Å². The standard InChI is InChI=1S/C14H22FN3O2S.2ClH/c15-14-4-1-3-13(11-14)12-21(19,20)17-5-2-8-18-9-6-16-7-10-18;;/h1,3-4,11,16-17H,2,5-10,12H2;2*1H. The van der Waals surface area contributed by atoms with Crippen LogP contribution in [0.5, 0.6) is 0 Å². The molecule has 134 valence electrons. The van der Waals surface area contributed by atoms with Gasteiger partial charge < -0.3 is 10.2 Å². The lowest BCUT2D eigenvalue weighted by Gasteiger charge is -2.27. The fourth-order valence-electron chi connectivity index (χ4n) is 2.36. The number of halogens is 3. The molecule has 0 spiro atoms. The van der Waals surface area contributed by atoms with Crippen LogP contribution in [0.3, 0.4) is 0 Å². The van der Waals surface area contributed by atoms with Gasteiger partial charge in [0, 0.05) is 32.7 Å². The van der Waals surface area contributed by atoms with Crippen molar-refractivity contribution in [1.29, 1.82) is 0 Å². The van der Waals surface area contributed by atoms with E-state index in [1.807, 2.05) is 0 Å². The summed E-state index contributed by atoms with van der Waals surface area (Å²) in [6.45, 7) is 5.31. The molecule has 0 aliphatic carbocycles. The first-order valence-electron chi connectivity index (χ1n) is 7.20. The number of nitrogens with one attached hydrogen (secondary N) is 2. The number of nitrogens with zero attached hydrogens (tertiary/aromatic N) is 1. The van der Waals surface area contributed by atoms with Crippen LogP contribution in [0.25, 0.3) is 0 Å². The van der Waals surface area contributed by atoms with E-state index >= 15 is 0 Å². The van der Waals surface area contributed by atoms with Gasteiger partial charge in [-0.25, -0.2) is 17.5 Å². The van der Waals surface area contributed by atoms with E-state index < -0.39 is 15.8 Å². The largest absolute Gasteiger partial charge is 0.314 e. The van der Waals surface area contributed by atoms with Crippen molar-refractivity contribution >= 4 is 34.8 Å². The van der Waals surface area contributed by atoms with E-state index in [4.69, 9.17) is 0 Å². The normalized spacial score (nSPS) is 15.5. The zero-order valence-corrected chi connectivity index (χ0v) is 15.3. The molecule has 0 saturated carbocycles. The fourth-order valence-corrected chi connectivity index (χ4v) is 3.54. The summed E-state index contributed by atoms with van der Waals surface area (Å²) in [7, 11) is -3.40. The zero-order valence-electron chi connectivity index (χ0n) is 12.8. The summed E-state index contributed by atoms with van der Waals surface area (Å²) in [6.07, 6.45) is 0.780. The maximum absolute atomic E-state index is 13.0. The van der Waals surface area contributed by atoms with Gasteiger partial charge in [0.15, 0.2) is 0 Å². The summed E-state index contributed by atoms with van der Waals surface area (Å²) in [5, 5.41) is 3.28. The second kappa shape index (κ2) is 11.2.